The zero-order valence-electron chi connectivity index (χ0n) is 48.4. The summed E-state index contributed by atoms with van der Waals surface area (Å²) in [6.07, 6.45) is 79.2. The van der Waals surface area contributed by atoms with Gasteiger partial charge in [0.15, 0.2) is 6.10 Å². The standard InChI is InChI=1S/C67H118O6/c1-4-7-10-13-16-19-21-23-25-27-28-29-30-31-32-33-34-35-36-37-38-39-40-41-43-44-46-48-51-54-57-60-66(69)72-63-64(62-71-65(68)59-56-53-50-18-15-12-9-6-3)73-67(70)61-58-55-52-49-47-45-42-26-24-22-20-17-14-11-8-5-2/h7,10,16,19,23,25,28-29,31-32,34-35,64H,4-6,8-9,11-15,17-18,20-22,24,26-27,30,33,36-63H2,1-3H3/b10-7-,19-16-,25-23-,29-28-,32-31-,35-34-. The van der Waals surface area contributed by atoms with Crippen molar-refractivity contribution in [3.05, 3.63) is 72.9 Å². The quantitative estimate of drug-likeness (QED) is 0.0261. The van der Waals surface area contributed by atoms with Gasteiger partial charge >= 0.3 is 17.9 Å². The van der Waals surface area contributed by atoms with Gasteiger partial charge in [-0.1, -0.05) is 299 Å². The van der Waals surface area contributed by atoms with Crippen LogP contribution in [0.25, 0.3) is 0 Å². The van der Waals surface area contributed by atoms with E-state index in [1.807, 2.05) is 0 Å². The van der Waals surface area contributed by atoms with E-state index in [1.54, 1.807) is 0 Å². The number of esters is 3. The van der Waals surface area contributed by atoms with Crippen LogP contribution in [0.15, 0.2) is 72.9 Å². The zero-order valence-corrected chi connectivity index (χ0v) is 48.4. The van der Waals surface area contributed by atoms with E-state index < -0.39 is 6.10 Å². The molecule has 0 rings (SSSR count). The molecule has 0 aromatic rings. The van der Waals surface area contributed by atoms with Crippen LogP contribution in [0, 0.1) is 0 Å². The van der Waals surface area contributed by atoms with Crippen LogP contribution >= 0.6 is 0 Å². The number of hydrogen-bond acceptors (Lipinski definition) is 6. The lowest BCUT2D eigenvalue weighted by Crippen LogP contribution is -2.30. The van der Waals surface area contributed by atoms with Crippen molar-refractivity contribution in [3.63, 3.8) is 0 Å². The lowest BCUT2D eigenvalue weighted by molar-refractivity contribution is -0.167. The first-order chi connectivity index (χ1) is 36.0. The number of carbonyl (C=O) groups excluding carboxylic acids is 3. The van der Waals surface area contributed by atoms with Crippen LogP contribution < -0.4 is 0 Å². The van der Waals surface area contributed by atoms with Crippen molar-refractivity contribution >= 4 is 17.9 Å². The van der Waals surface area contributed by atoms with Crippen LogP contribution in [0.3, 0.4) is 0 Å². The van der Waals surface area contributed by atoms with Gasteiger partial charge in [-0.25, -0.2) is 0 Å². The van der Waals surface area contributed by atoms with Crippen LogP contribution in [0.2, 0.25) is 0 Å². The van der Waals surface area contributed by atoms with E-state index in [-0.39, 0.29) is 31.1 Å². The molecule has 0 aliphatic rings. The summed E-state index contributed by atoms with van der Waals surface area (Å²) in [6, 6.07) is 0. The van der Waals surface area contributed by atoms with Crippen LogP contribution in [-0.4, -0.2) is 37.2 Å². The summed E-state index contributed by atoms with van der Waals surface area (Å²) in [5.74, 6) is -0.862. The predicted molar refractivity (Wildman–Crippen MR) is 316 cm³/mol. The molecule has 0 radical (unpaired) electrons. The fraction of sp³-hybridized carbons (Fsp3) is 0.776. The molecule has 6 nitrogen and oxygen atoms in total. The molecular formula is C67H118O6. The van der Waals surface area contributed by atoms with Crippen LogP contribution in [0.5, 0.6) is 0 Å². The minimum absolute atomic E-state index is 0.0705. The van der Waals surface area contributed by atoms with Gasteiger partial charge in [0.05, 0.1) is 0 Å². The molecule has 0 N–H and O–H groups in total. The molecule has 0 saturated heterocycles. The van der Waals surface area contributed by atoms with Crippen molar-refractivity contribution in [2.75, 3.05) is 13.2 Å². The average Bonchev–Trinajstić information content (AvgIpc) is 3.39. The summed E-state index contributed by atoms with van der Waals surface area (Å²) < 4.78 is 16.8. The first-order valence-electron chi connectivity index (χ1n) is 31.4. The lowest BCUT2D eigenvalue weighted by atomic mass is 10.0. The van der Waals surface area contributed by atoms with Gasteiger partial charge in [-0.3, -0.25) is 14.4 Å². The van der Waals surface area contributed by atoms with Gasteiger partial charge in [0.2, 0.25) is 0 Å². The molecule has 73 heavy (non-hydrogen) atoms. The molecule has 0 fully saturated rings. The van der Waals surface area contributed by atoms with E-state index in [1.165, 1.54) is 180 Å². The molecule has 0 aromatic carbocycles. The van der Waals surface area contributed by atoms with Crippen molar-refractivity contribution in [2.45, 2.75) is 322 Å². The molecule has 0 bridgehead atoms. The molecule has 0 aliphatic heterocycles. The summed E-state index contributed by atoms with van der Waals surface area (Å²) in [7, 11) is 0. The lowest BCUT2D eigenvalue weighted by Gasteiger charge is -2.18. The summed E-state index contributed by atoms with van der Waals surface area (Å²) in [6.45, 7) is 6.53. The van der Waals surface area contributed by atoms with E-state index in [0.29, 0.717) is 19.3 Å². The molecule has 0 aliphatic carbocycles. The van der Waals surface area contributed by atoms with E-state index in [0.717, 1.165) is 96.3 Å². The summed E-state index contributed by atoms with van der Waals surface area (Å²) >= 11 is 0. The minimum Gasteiger partial charge on any atom is -0.462 e. The molecule has 0 saturated carbocycles. The van der Waals surface area contributed by atoms with Gasteiger partial charge in [0, 0.05) is 19.3 Å². The average molecular weight is 1020 g/mol. The Morgan fingerprint density at radius 2 is 0.534 bits per heavy atom. The summed E-state index contributed by atoms with van der Waals surface area (Å²) in [5, 5.41) is 0. The topological polar surface area (TPSA) is 78.9 Å². The third-order valence-corrected chi connectivity index (χ3v) is 13.7. The molecule has 1 unspecified atom stereocenters. The van der Waals surface area contributed by atoms with Crippen LogP contribution in [0.1, 0.15) is 316 Å². The molecule has 0 spiro atoms. The van der Waals surface area contributed by atoms with E-state index >= 15 is 0 Å². The second-order valence-electron chi connectivity index (χ2n) is 21.0. The Balaban J connectivity index is 4.10. The Morgan fingerprint density at radius 1 is 0.288 bits per heavy atom. The zero-order chi connectivity index (χ0) is 52.9. The van der Waals surface area contributed by atoms with Gasteiger partial charge in [-0.05, 0) is 70.6 Å². The highest BCUT2D eigenvalue weighted by atomic mass is 16.6. The van der Waals surface area contributed by atoms with Crippen molar-refractivity contribution in [3.8, 4) is 0 Å². The number of allylic oxidation sites excluding steroid dienone is 12. The van der Waals surface area contributed by atoms with E-state index in [2.05, 4.69) is 93.7 Å². The number of unbranched alkanes of at least 4 members (excludes halogenated alkanes) is 34. The Labute approximate surface area is 453 Å². The molecule has 6 heteroatoms. The van der Waals surface area contributed by atoms with Crippen LogP contribution in [0.4, 0.5) is 0 Å². The first-order valence-corrected chi connectivity index (χ1v) is 31.4. The maximum absolute atomic E-state index is 12.8. The predicted octanol–water partition coefficient (Wildman–Crippen LogP) is 21.3. The van der Waals surface area contributed by atoms with Gasteiger partial charge in [-0.2, -0.15) is 0 Å². The van der Waals surface area contributed by atoms with Crippen molar-refractivity contribution in [1.29, 1.82) is 0 Å². The number of hydrogen-bond donors (Lipinski definition) is 0. The van der Waals surface area contributed by atoms with Crippen molar-refractivity contribution in [1.82, 2.24) is 0 Å². The Hall–Kier alpha value is -3.15. The Bertz CT molecular complexity index is 1360. The van der Waals surface area contributed by atoms with E-state index in [4.69, 9.17) is 14.2 Å². The number of rotatable bonds is 57. The largest absolute Gasteiger partial charge is 0.462 e. The van der Waals surface area contributed by atoms with Gasteiger partial charge in [-0.15, -0.1) is 0 Å². The summed E-state index contributed by atoms with van der Waals surface area (Å²) in [4.78, 5) is 38.1. The maximum atomic E-state index is 12.8. The van der Waals surface area contributed by atoms with Crippen LogP contribution in [-0.2, 0) is 28.6 Å². The van der Waals surface area contributed by atoms with Gasteiger partial charge < -0.3 is 14.2 Å². The number of ether oxygens (including phenoxy) is 3. The second kappa shape index (κ2) is 61.4. The molecule has 0 amide bonds. The monoisotopic (exact) mass is 1020 g/mol. The second-order valence-corrected chi connectivity index (χ2v) is 21.0. The third-order valence-electron chi connectivity index (χ3n) is 13.7. The fourth-order valence-electron chi connectivity index (χ4n) is 9.04. The minimum atomic E-state index is -0.770. The molecular weight excluding hydrogens is 901 g/mol. The molecule has 1 atom stereocenters. The van der Waals surface area contributed by atoms with Gasteiger partial charge in [0.25, 0.3) is 0 Å². The smallest absolute Gasteiger partial charge is 0.306 e. The molecule has 422 valence electrons. The number of carbonyl (C=O) groups is 3. The molecule has 0 heterocycles. The summed E-state index contributed by atoms with van der Waals surface area (Å²) in [5.41, 5.74) is 0. The first kappa shape index (κ1) is 69.8. The highest BCUT2D eigenvalue weighted by molar-refractivity contribution is 5.71. The Kier molecular flexibility index (Phi) is 58.7. The molecule has 0 aromatic heterocycles. The van der Waals surface area contributed by atoms with E-state index in [9.17, 15) is 14.4 Å². The van der Waals surface area contributed by atoms with Crippen molar-refractivity contribution in [2.24, 2.45) is 0 Å². The highest BCUT2D eigenvalue weighted by Crippen LogP contribution is 2.17. The third kappa shape index (κ3) is 59.6. The fourth-order valence-corrected chi connectivity index (χ4v) is 9.04. The normalized spacial score (nSPS) is 12.5. The SMILES string of the molecule is CC/C=C\C/C=C\C/C=C\C/C=C\C/C=C\C/C=C\CCCCCCCCCCCCCCC(=O)OCC(COC(=O)CCCCCCCCCC)OC(=O)CCCCCCCCCCCCCCCCCC. The van der Waals surface area contributed by atoms with Crippen molar-refractivity contribution < 1.29 is 28.6 Å². The van der Waals surface area contributed by atoms with Gasteiger partial charge in [0.1, 0.15) is 13.2 Å². The maximum Gasteiger partial charge on any atom is 0.306 e. The highest BCUT2D eigenvalue weighted by Gasteiger charge is 2.19. The Morgan fingerprint density at radius 3 is 0.836 bits per heavy atom.